The van der Waals surface area contributed by atoms with Crippen molar-refractivity contribution in [2.45, 2.75) is 26.2 Å². The van der Waals surface area contributed by atoms with Crippen molar-refractivity contribution in [1.82, 2.24) is 25.1 Å². The van der Waals surface area contributed by atoms with Crippen LogP contribution in [-0.2, 0) is 22.4 Å². The van der Waals surface area contributed by atoms with Gasteiger partial charge in [-0.2, -0.15) is 5.10 Å². The minimum atomic E-state index is -0.401. The molecule has 3 aromatic heterocycles. The number of aromatic amines is 1. The molecule has 1 aliphatic heterocycles. The van der Waals surface area contributed by atoms with Crippen molar-refractivity contribution in [1.29, 1.82) is 0 Å². The summed E-state index contributed by atoms with van der Waals surface area (Å²) in [5, 5.41) is 12.6. The number of fused-ring (bicyclic) bond motifs is 4. The van der Waals surface area contributed by atoms with Crippen molar-refractivity contribution >= 4 is 49.9 Å². The SMILES string of the molecule is COc1cc2[nH]ncc2cc1Nc1ncnc2sc3c(c12)CCC(C)(C(=O)N1CCOCC1)C3. The Hall–Kier alpha value is -3.24. The Kier molecular flexibility index (Phi) is 5.14. The maximum absolute atomic E-state index is 13.4. The van der Waals surface area contributed by atoms with Gasteiger partial charge in [-0.15, -0.1) is 11.3 Å². The quantitative estimate of drug-likeness (QED) is 0.461. The van der Waals surface area contributed by atoms with Crippen LogP contribution in [0.4, 0.5) is 11.5 Å². The normalized spacial score (nSPS) is 20.5. The zero-order valence-electron chi connectivity index (χ0n) is 19.2. The lowest BCUT2D eigenvalue weighted by molar-refractivity contribution is -0.146. The van der Waals surface area contributed by atoms with E-state index in [0.717, 1.165) is 51.9 Å². The number of hydrogen-bond acceptors (Lipinski definition) is 8. The van der Waals surface area contributed by atoms with Crippen LogP contribution in [0.2, 0.25) is 0 Å². The third-order valence-electron chi connectivity index (χ3n) is 6.98. The summed E-state index contributed by atoms with van der Waals surface area (Å²) in [5.41, 5.74) is 2.58. The fourth-order valence-corrected chi connectivity index (χ4v) is 6.45. The van der Waals surface area contributed by atoms with Gasteiger partial charge in [-0.05, 0) is 30.9 Å². The number of ether oxygens (including phenoxy) is 2. The lowest BCUT2D eigenvalue weighted by Crippen LogP contribution is -2.49. The number of H-pyrrole nitrogens is 1. The predicted molar refractivity (Wildman–Crippen MR) is 131 cm³/mol. The molecule has 1 saturated heterocycles. The number of methoxy groups -OCH3 is 1. The number of morpholine rings is 1. The van der Waals surface area contributed by atoms with Crippen LogP contribution in [0.3, 0.4) is 0 Å². The van der Waals surface area contributed by atoms with E-state index in [2.05, 4.69) is 32.4 Å². The Labute approximate surface area is 200 Å². The highest BCUT2D eigenvalue weighted by Crippen LogP contribution is 2.45. The summed E-state index contributed by atoms with van der Waals surface area (Å²) in [5.74, 6) is 1.70. The second kappa shape index (κ2) is 8.21. The Morgan fingerprint density at radius 1 is 1.29 bits per heavy atom. The highest BCUT2D eigenvalue weighted by molar-refractivity contribution is 7.19. The molecule has 4 heterocycles. The van der Waals surface area contributed by atoms with Crippen LogP contribution >= 0.6 is 11.3 Å². The van der Waals surface area contributed by atoms with Crippen molar-refractivity contribution in [2.24, 2.45) is 5.41 Å². The number of anilines is 2. The number of thiophene rings is 1. The number of nitrogens with one attached hydrogen (secondary N) is 2. The van der Waals surface area contributed by atoms with Crippen molar-refractivity contribution in [2.75, 3.05) is 38.7 Å². The van der Waals surface area contributed by atoms with Gasteiger partial charge in [0.05, 0.1) is 48.5 Å². The highest BCUT2D eigenvalue weighted by atomic mass is 32.1. The summed E-state index contributed by atoms with van der Waals surface area (Å²) < 4.78 is 11.0. The molecule has 1 atom stereocenters. The summed E-state index contributed by atoms with van der Waals surface area (Å²) in [6, 6.07) is 3.93. The molecular formula is C24H26N6O3S. The predicted octanol–water partition coefficient (Wildman–Crippen LogP) is 3.67. The molecule has 176 valence electrons. The summed E-state index contributed by atoms with van der Waals surface area (Å²) in [4.78, 5) is 26.7. The van der Waals surface area contributed by atoms with Crippen molar-refractivity contribution in [3.8, 4) is 5.75 Å². The van der Waals surface area contributed by atoms with Crippen molar-refractivity contribution in [3.05, 3.63) is 35.1 Å². The number of carbonyl (C=O) groups excluding carboxylic acids is 1. The van der Waals surface area contributed by atoms with Crippen molar-refractivity contribution in [3.63, 3.8) is 0 Å². The zero-order valence-corrected chi connectivity index (χ0v) is 20.0. The maximum atomic E-state index is 13.4. The fourth-order valence-electron chi connectivity index (χ4n) is 5.08. The van der Waals surface area contributed by atoms with Gasteiger partial charge >= 0.3 is 0 Å². The largest absolute Gasteiger partial charge is 0.494 e. The first-order valence-corrected chi connectivity index (χ1v) is 12.3. The molecule has 9 nitrogen and oxygen atoms in total. The van der Waals surface area contributed by atoms with E-state index in [9.17, 15) is 4.79 Å². The van der Waals surface area contributed by atoms with Crippen LogP contribution in [0.5, 0.6) is 5.75 Å². The van der Waals surface area contributed by atoms with E-state index in [1.165, 1.54) is 10.4 Å². The third-order valence-corrected chi connectivity index (χ3v) is 8.12. The second-order valence-corrected chi connectivity index (χ2v) is 10.3. The van der Waals surface area contributed by atoms with E-state index in [-0.39, 0.29) is 5.91 Å². The van der Waals surface area contributed by atoms with E-state index >= 15 is 0 Å². The summed E-state index contributed by atoms with van der Waals surface area (Å²) in [7, 11) is 1.65. The molecule has 6 rings (SSSR count). The Bertz CT molecular complexity index is 1390. The minimum Gasteiger partial charge on any atom is -0.494 e. The number of aryl methyl sites for hydroxylation is 1. The molecule has 2 aliphatic rings. The average Bonchev–Trinajstić information content (AvgIpc) is 3.47. The van der Waals surface area contributed by atoms with Gasteiger partial charge in [0.1, 0.15) is 22.7 Å². The molecule has 1 unspecified atom stereocenters. The number of amides is 1. The maximum Gasteiger partial charge on any atom is 0.229 e. The first-order valence-electron chi connectivity index (χ1n) is 11.5. The number of rotatable bonds is 4. The molecule has 1 aliphatic carbocycles. The van der Waals surface area contributed by atoms with Crippen LogP contribution in [0.25, 0.3) is 21.1 Å². The fraction of sp³-hybridized carbons (Fsp3) is 0.417. The van der Waals surface area contributed by atoms with Gasteiger partial charge in [0.15, 0.2) is 0 Å². The summed E-state index contributed by atoms with van der Waals surface area (Å²) >= 11 is 1.67. The molecule has 2 N–H and O–H groups in total. The van der Waals surface area contributed by atoms with Crippen LogP contribution < -0.4 is 10.1 Å². The van der Waals surface area contributed by atoms with Gasteiger partial charge in [-0.1, -0.05) is 6.92 Å². The second-order valence-electron chi connectivity index (χ2n) is 9.18. The number of hydrogen-bond donors (Lipinski definition) is 2. The average molecular weight is 479 g/mol. The molecule has 0 radical (unpaired) electrons. The molecule has 1 fully saturated rings. The first-order chi connectivity index (χ1) is 16.6. The molecular weight excluding hydrogens is 452 g/mol. The van der Waals surface area contributed by atoms with Crippen LogP contribution in [0, 0.1) is 5.41 Å². The van der Waals surface area contributed by atoms with E-state index in [1.54, 1.807) is 31.0 Å². The minimum absolute atomic E-state index is 0.237. The summed E-state index contributed by atoms with van der Waals surface area (Å²) in [6.07, 6.45) is 5.73. The van der Waals surface area contributed by atoms with E-state index in [4.69, 9.17) is 9.47 Å². The Morgan fingerprint density at radius 2 is 2.15 bits per heavy atom. The van der Waals surface area contributed by atoms with E-state index < -0.39 is 5.41 Å². The number of nitrogens with zero attached hydrogens (tertiary/aromatic N) is 4. The molecule has 10 heteroatoms. The molecule has 0 saturated carbocycles. The lowest BCUT2D eigenvalue weighted by atomic mass is 9.74. The molecule has 0 spiro atoms. The third kappa shape index (κ3) is 3.48. The highest BCUT2D eigenvalue weighted by Gasteiger charge is 2.41. The number of aromatic nitrogens is 4. The number of benzene rings is 1. The van der Waals surface area contributed by atoms with Crippen LogP contribution in [0.15, 0.2) is 24.7 Å². The van der Waals surface area contributed by atoms with Crippen LogP contribution in [0.1, 0.15) is 23.8 Å². The van der Waals surface area contributed by atoms with Gasteiger partial charge in [-0.3, -0.25) is 9.89 Å². The molecule has 0 bridgehead atoms. The molecule has 1 aromatic carbocycles. The first kappa shape index (κ1) is 21.3. The van der Waals surface area contributed by atoms with Crippen molar-refractivity contribution < 1.29 is 14.3 Å². The van der Waals surface area contributed by atoms with E-state index in [1.807, 2.05) is 17.0 Å². The van der Waals surface area contributed by atoms with Gasteiger partial charge in [0.2, 0.25) is 5.91 Å². The van der Waals surface area contributed by atoms with Crippen LogP contribution in [-0.4, -0.2) is 64.4 Å². The molecule has 4 aromatic rings. The molecule has 1 amide bonds. The van der Waals surface area contributed by atoms with Gasteiger partial charge in [0, 0.05) is 29.4 Å². The monoisotopic (exact) mass is 478 g/mol. The van der Waals surface area contributed by atoms with Gasteiger partial charge in [0.25, 0.3) is 0 Å². The van der Waals surface area contributed by atoms with E-state index in [0.29, 0.717) is 32.1 Å². The van der Waals surface area contributed by atoms with Gasteiger partial charge < -0.3 is 19.7 Å². The standard InChI is InChI=1S/C24H26N6O3S/c1-24(23(31)30-5-7-33-8-6-30)4-3-15-19(11-24)34-22-20(15)21(25-13-26-22)28-17-9-14-12-27-29-16(14)10-18(17)32-2/h9-10,12-13H,3-8,11H2,1-2H3,(H,27,29)(H,25,26,28). The van der Waals surface area contributed by atoms with Gasteiger partial charge in [-0.25, -0.2) is 9.97 Å². The zero-order chi connectivity index (χ0) is 23.3. The lowest BCUT2D eigenvalue weighted by Gasteiger charge is -2.38. The Morgan fingerprint density at radius 3 is 2.97 bits per heavy atom. The Balaban J connectivity index is 1.35. The topological polar surface area (TPSA) is 105 Å². The summed E-state index contributed by atoms with van der Waals surface area (Å²) in [6.45, 7) is 4.70. The molecule has 34 heavy (non-hydrogen) atoms. The smallest absolute Gasteiger partial charge is 0.229 e. The number of carbonyl (C=O) groups is 1.